The van der Waals surface area contributed by atoms with Crippen LogP contribution in [0.4, 0.5) is 0 Å². The first-order valence-electron chi connectivity index (χ1n) is 5.75. The second-order valence-electron chi connectivity index (χ2n) is 5.57. The molecule has 2 bridgehead atoms. The van der Waals surface area contributed by atoms with E-state index in [1.807, 2.05) is 0 Å². The zero-order valence-corrected chi connectivity index (χ0v) is 8.39. The average Bonchev–Trinajstić information content (AvgIpc) is 2.76. The highest BCUT2D eigenvalue weighted by molar-refractivity contribution is 5.13. The molecule has 0 unspecified atom stereocenters. The van der Waals surface area contributed by atoms with Crippen molar-refractivity contribution in [2.75, 3.05) is 0 Å². The Balaban J connectivity index is 1.91. The largest absolute Gasteiger partial charge is 0.390 e. The van der Waals surface area contributed by atoms with Crippen LogP contribution in [0, 0.1) is 17.3 Å². The van der Waals surface area contributed by atoms with Gasteiger partial charge in [-0.05, 0) is 49.4 Å². The fraction of sp³-hybridized carbons (Fsp3) is 1.00. The molecular formula is C11H19NO2. The van der Waals surface area contributed by atoms with E-state index in [4.69, 9.17) is 5.73 Å². The summed E-state index contributed by atoms with van der Waals surface area (Å²) in [5, 5.41) is 19.3. The van der Waals surface area contributed by atoms with Crippen LogP contribution >= 0.6 is 0 Å². The summed E-state index contributed by atoms with van der Waals surface area (Å²) < 4.78 is 0. The highest BCUT2D eigenvalue weighted by Gasteiger charge is 2.60. The maximum absolute atomic E-state index is 9.66. The maximum atomic E-state index is 9.66. The number of aliphatic hydroxyl groups is 2. The van der Waals surface area contributed by atoms with Crippen LogP contribution in [0.1, 0.15) is 32.1 Å². The molecule has 5 atom stereocenters. The SMILES string of the molecule is N[C@H]1[C@H]2CC[C@H](C2)C12C[C@H](O)[C@@H](O)C2. The molecule has 0 saturated heterocycles. The third kappa shape index (κ3) is 0.930. The molecule has 3 fully saturated rings. The van der Waals surface area contributed by atoms with Gasteiger partial charge in [-0.25, -0.2) is 0 Å². The Kier molecular flexibility index (Phi) is 1.77. The predicted octanol–water partition coefficient (Wildman–Crippen LogP) is 0.246. The van der Waals surface area contributed by atoms with Crippen molar-refractivity contribution in [1.82, 2.24) is 0 Å². The molecule has 0 aliphatic heterocycles. The van der Waals surface area contributed by atoms with Crippen LogP contribution in [-0.2, 0) is 0 Å². The summed E-state index contributed by atoms with van der Waals surface area (Å²) in [7, 11) is 0. The highest BCUT2D eigenvalue weighted by atomic mass is 16.3. The Hall–Kier alpha value is -0.120. The quantitative estimate of drug-likeness (QED) is 0.521. The summed E-state index contributed by atoms with van der Waals surface area (Å²) in [6, 6.07) is 0.230. The van der Waals surface area contributed by atoms with Gasteiger partial charge in [-0.3, -0.25) is 0 Å². The zero-order chi connectivity index (χ0) is 9.92. The lowest BCUT2D eigenvalue weighted by Gasteiger charge is -2.39. The predicted molar refractivity (Wildman–Crippen MR) is 52.5 cm³/mol. The molecule has 4 N–H and O–H groups in total. The molecule has 3 saturated carbocycles. The molecule has 3 heteroatoms. The monoisotopic (exact) mass is 197 g/mol. The van der Waals surface area contributed by atoms with Crippen LogP contribution in [-0.4, -0.2) is 28.5 Å². The fourth-order valence-electron chi connectivity index (χ4n) is 4.35. The Morgan fingerprint density at radius 3 is 2.21 bits per heavy atom. The lowest BCUT2D eigenvalue weighted by molar-refractivity contribution is 0.0438. The van der Waals surface area contributed by atoms with Crippen LogP contribution in [0.2, 0.25) is 0 Å². The Morgan fingerprint density at radius 2 is 1.71 bits per heavy atom. The first kappa shape index (κ1) is 9.13. The number of hydrogen-bond acceptors (Lipinski definition) is 3. The van der Waals surface area contributed by atoms with Gasteiger partial charge in [0.25, 0.3) is 0 Å². The van der Waals surface area contributed by atoms with E-state index in [0.717, 1.165) is 12.8 Å². The zero-order valence-electron chi connectivity index (χ0n) is 8.39. The molecule has 0 amide bonds. The van der Waals surface area contributed by atoms with E-state index in [0.29, 0.717) is 11.8 Å². The molecule has 0 aromatic carbocycles. The number of aliphatic hydroxyl groups excluding tert-OH is 2. The molecule has 0 heterocycles. The second-order valence-corrected chi connectivity index (χ2v) is 5.57. The summed E-state index contributed by atoms with van der Waals surface area (Å²) >= 11 is 0. The molecule has 14 heavy (non-hydrogen) atoms. The molecule has 0 aromatic heterocycles. The van der Waals surface area contributed by atoms with Crippen LogP contribution in [0.3, 0.4) is 0 Å². The van der Waals surface area contributed by atoms with Crippen molar-refractivity contribution in [2.24, 2.45) is 23.0 Å². The molecule has 0 aromatic rings. The van der Waals surface area contributed by atoms with Crippen molar-refractivity contribution in [1.29, 1.82) is 0 Å². The van der Waals surface area contributed by atoms with Gasteiger partial charge in [0.05, 0.1) is 12.2 Å². The minimum atomic E-state index is -0.527. The molecule has 3 nitrogen and oxygen atoms in total. The van der Waals surface area contributed by atoms with E-state index >= 15 is 0 Å². The minimum absolute atomic E-state index is 0.0851. The molecule has 3 aliphatic carbocycles. The first-order chi connectivity index (χ1) is 6.63. The standard InChI is InChI=1S/C11H19NO2/c12-10-6-1-2-7(3-6)11(10)4-8(13)9(14)5-11/h6-10,13-14H,1-5,12H2/t6-,7+,8-,9-,10-/m0/s1. The normalized spacial score (nSPS) is 54.6. The van der Waals surface area contributed by atoms with Crippen LogP contribution in [0.5, 0.6) is 0 Å². The fourth-order valence-corrected chi connectivity index (χ4v) is 4.35. The number of fused-ring (bicyclic) bond motifs is 3. The summed E-state index contributed by atoms with van der Waals surface area (Å²) in [6.45, 7) is 0. The average molecular weight is 197 g/mol. The van der Waals surface area contributed by atoms with Crippen molar-refractivity contribution in [3.63, 3.8) is 0 Å². The summed E-state index contributed by atoms with van der Waals surface area (Å²) in [4.78, 5) is 0. The maximum Gasteiger partial charge on any atom is 0.0805 e. The van der Waals surface area contributed by atoms with Crippen molar-refractivity contribution < 1.29 is 10.2 Å². The molecule has 3 aliphatic rings. The lowest BCUT2D eigenvalue weighted by Crippen LogP contribution is -2.45. The number of rotatable bonds is 0. The first-order valence-corrected chi connectivity index (χ1v) is 5.75. The molecular weight excluding hydrogens is 178 g/mol. The van der Waals surface area contributed by atoms with Crippen molar-refractivity contribution in [3.05, 3.63) is 0 Å². The topological polar surface area (TPSA) is 66.5 Å². The van der Waals surface area contributed by atoms with E-state index in [2.05, 4.69) is 0 Å². The second kappa shape index (κ2) is 2.71. The molecule has 80 valence electrons. The van der Waals surface area contributed by atoms with E-state index in [-0.39, 0.29) is 11.5 Å². The van der Waals surface area contributed by atoms with Gasteiger partial charge >= 0.3 is 0 Å². The Bertz CT molecular complexity index is 242. The van der Waals surface area contributed by atoms with Gasteiger partial charge < -0.3 is 15.9 Å². The van der Waals surface area contributed by atoms with E-state index < -0.39 is 12.2 Å². The highest BCUT2D eigenvalue weighted by Crippen LogP contribution is 2.61. The van der Waals surface area contributed by atoms with Gasteiger partial charge in [-0.2, -0.15) is 0 Å². The molecule has 0 radical (unpaired) electrons. The summed E-state index contributed by atoms with van der Waals surface area (Å²) in [5.41, 5.74) is 6.35. The summed E-state index contributed by atoms with van der Waals surface area (Å²) in [5.74, 6) is 1.34. The lowest BCUT2D eigenvalue weighted by atomic mass is 9.69. The third-order valence-corrected chi connectivity index (χ3v) is 5.08. The van der Waals surface area contributed by atoms with Gasteiger partial charge in [-0.1, -0.05) is 0 Å². The van der Waals surface area contributed by atoms with Gasteiger partial charge in [0.15, 0.2) is 0 Å². The van der Waals surface area contributed by atoms with Gasteiger partial charge in [-0.15, -0.1) is 0 Å². The van der Waals surface area contributed by atoms with Crippen LogP contribution in [0.25, 0.3) is 0 Å². The number of nitrogens with two attached hydrogens (primary N) is 1. The van der Waals surface area contributed by atoms with E-state index in [9.17, 15) is 10.2 Å². The summed E-state index contributed by atoms with van der Waals surface area (Å²) in [6.07, 6.45) is 4.17. The van der Waals surface area contributed by atoms with Crippen molar-refractivity contribution >= 4 is 0 Å². The molecule has 3 rings (SSSR count). The smallest absolute Gasteiger partial charge is 0.0805 e. The Labute approximate surface area is 84.3 Å². The van der Waals surface area contributed by atoms with Gasteiger partial charge in [0, 0.05) is 6.04 Å². The minimum Gasteiger partial charge on any atom is -0.390 e. The third-order valence-electron chi connectivity index (χ3n) is 5.08. The van der Waals surface area contributed by atoms with Gasteiger partial charge in [0.1, 0.15) is 0 Å². The Morgan fingerprint density at radius 1 is 1.07 bits per heavy atom. The molecule has 1 spiro atoms. The van der Waals surface area contributed by atoms with Crippen LogP contribution < -0.4 is 5.73 Å². The van der Waals surface area contributed by atoms with Crippen LogP contribution in [0.15, 0.2) is 0 Å². The van der Waals surface area contributed by atoms with Crippen molar-refractivity contribution in [2.45, 2.75) is 50.4 Å². The van der Waals surface area contributed by atoms with E-state index in [1.165, 1.54) is 19.3 Å². The van der Waals surface area contributed by atoms with Crippen molar-refractivity contribution in [3.8, 4) is 0 Å². The number of hydrogen-bond donors (Lipinski definition) is 3. The van der Waals surface area contributed by atoms with E-state index in [1.54, 1.807) is 0 Å². The van der Waals surface area contributed by atoms with Gasteiger partial charge in [0.2, 0.25) is 0 Å².